The molecule has 0 nitrogen and oxygen atoms in total. The Labute approximate surface area is 73.4 Å². The van der Waals surface area contributed by atoms with E-state index in [1.807, 2.05) is 0 Å². The van der Waals surface area contributed by atoms with Gasteiger partial charge in [0, 0.05) is 0 Å². The number of allylic oxidation sites excluding steroid dienone is 1. The minimum atomic E-state index is 0.983. The molecule has 0 aliphatic heterocycles. The van der Waals surface area contributed by atoms with Crippen LogP contribution in [0.2, 0.25) is 0 Å². The Morgan fingerprint density at radius 1 is 1.25 bits per heavy atom. The first-order valence-electron chi connectivity index (χ1n) is 5.24. The molecule has 0 aromatic carbocycles. The second-order valence-corrected chi connectivity index (χ2v) is 5.29. The molecule has 7 unspecified atom stereocenters. The van der Waals surface area contributed by atoms with Gasteiger partial charge in [-0.05, 0) is 53.4 Å². The van der Waals surface area contributed by atoms with Crippen LogP contribution in [0.3, 0.4) is 0 Å². The highest BCUT2D eigenvalue weighted by atomic mass is 14.8. The van der Waals surface area contributed by atoms with Gasteiger partial charge in [-0.1, -0.05) is 13.5 Å². The number of hydrogen-bond acceptors (Lipinski definition) is 0. The molecule has 12 heavy (non-hydrogen) atoms. The Bertz CT molecular complexity index is 321. The van der Waals surface area contributed by atoms with Crippen molar-refractivity contribution in [1.82, 2.24) is 0 Å². The molecule has 0 amide bonds. The Hall–Kier alpha value is -0.480. The lowest BCUT2D eigenvalue weighted by molar-refractivity contribution is -0.208. The SMILES string of the molecule is C=C=C1C2C1C1C3C(C)CC3C21. The highest BCUT2D eigenvalue weighted by Gasteiger charge is 2.79. The maximum absolute atomic E-state index is 3.79. The Morgan fingerprint density at radius 2 is 2.00 bits per heavy atom. The average molecular weight is 158 g/mol. The molecule has 4 aliphatic rings. The molecular weight excluding hydrogens is 144 g/mol. The van der Waals surface area contributed by atoms with Gasteiger partial charge in [-0.25, -0.2) is 0 Å². The molecule has 0 spiro atoms. The summed E-state index contributed by atoms with van der Waals surface area (Å²) in [6.45, 7) is 6.22. The quantitative estimate of drug-likeness (QED) is 0.475. The number of fused-ring (bicyclic) bond motifs is 7. The van der Waals surface area contributed by atoms with Crippen LogP contribution in [-0.2, 0) is 0 Å². The summed E-state index contributed by atoms with van der Waals surface area (Å²) >= 11 is 0. The molecule has 0 heteroatoms. The van der Waals surface area contributed by atoms with E-state index in [4.69, 9.17) is 0 Å². The zero-order chi connectivity index (χ0) is 8.03. The molecule has 0 aromatic heterocycles. The van der Waals surface area contributed by atoms with Crippen molar-refractivity contribution in [1.29, 1.82) is 0 Å². The van der Waals surface area contributed by atoms with Gasteiger partial charge in [0.15, 0.2) is 0 Å². The van der Waals surface area contributed by atoms with E-state index in [2.05, 4.69) is 19.2 Å². The standard InChI is InChI=1S/C12H14/c1-3-6-9-10(6)12-8-5(2)4-7(8)11(9)12/h5,7-12H,1,4H2,2H3. The zero-order valence-electron chi connectivity index (χ0n) is 7.46. The first-order valence-corrected chi connectivity index (χ1v) is 5.24. The smallest absolute Gasteiger partial charge is 0.00153 e. The van der Waals surface area contributed by atoms with E-state index in [9.17, 15) is 0 Å². The molecule has 7 atom stereocenters. The fraction of sp³-hybridized carbons (Fsp3) is 0.750. The molecule has 0 saturated heterocycles. The molecular formula is C12H14. The molecule has 0 bridgehead atoms. The number of hydrogen-bond donors (Lipinski definition) is 0. The van der Waals surface area contributed by atoms with E-state index in [-0.39, 0.29) is 0 Å². The Balaban J connectivity index is 1.70. The summed E-state index contributed by atoms with van der Waals surface area (Å²) in [6, 6.07) is 0. The summed E-state index contributed by atoms with van der Waals surface area (Å²) in [5.74, 6) is 7.49. The normalized spacial score (nSPS) is 68.8. The minimum absolute atomic E-state index is 0.983. The molecule has 4 fully saturated rings. The van der Waals surface area contributed by atoms with Crippen LogP contribution in [0.1, 0.15) is 13.3 Å². The van der Waals surface area contributed by atoms with E-state index in [1.165, 1.54) is 6.42 Å². The third-order valence-electron chi connectivity index (χ3n) is 5.21. The largest absolute Gasteiger partial charge is 0.129 e. The molecule has 0 N–H and O–H groups in total. The van der Waals surface area contributed by atoms with Gasteiger partial charge in [0.2, 0.25) is 0 Å². The van der Waals surface area contributed by atoms with Crippen LogP contribution in [0.25, 0.3) is 0 Å². The van der Waals surface area contributed by atoms with E-state index in [0.717, 1.165) is 41.4 Å². The average Bonchev–Trinajstić information content (AvgIpc) is 2.66. The summed E-state index contributed by atoms with van der Waals surface area (Å²) in [6.07, 6.45) is 1.53. The van der Waals surface area contributed by atoms with Gasteiger partial charge in [0.1, 0.15) is 0 Å². The highest BCUT2D eigenvalue weighted by molar-refractivity contribution is 5.44. The van der Waals surface area contributed by atoms with Gasteiger partial charge in [-0.15, -0.1) is 5.73 Å². The monoisotopic (exact) mass is 158 g/mol. The maximum atomic E-state index is 3.79. The van der Waals surface area contributed by atoms with Crippen LogP contribution < -0.4 is 0 Å². The predicted molar refractivity (Wildman–Crippen MR) is 47.4 cm³/mol. The van der Waals surface area contributed by atoms with Crippen molar-refractivity contribution in [3.05, 3.63) is 17.9 Å². The van der Waals surface area contributed by atoms with Gasteiger partial charge in [-0.3, -0.25) is 0 Å². The van der Waals surface area contributed by atoms with Crippen molar-refractivity contribution in [2.24, 2.45) is 41.4 Å². The number of rotatable bonds is 0. The fourth-order valence-corrected chi connectivity index (χ4v) is 4.72. The van der Waals surface area contributed by atoms with Gasteiger partial charge >= 0.3 is 0 Å². The summed E-state index contributed by atoms with van der Waals surface area (Å²) in [5.41, 5.74) is 4.76. The van der Waals surface area contributed by atoms with Gasteiger partial charge < -0.3 is 0 Å². The Morgan fingerprint density at radius 3 is 2.67 bits per heavy atom. The van der Waals surface area contributed by atoms with E-state index in [0.29, 0.717) is 0 Å². The van der Waals surface area contributed by atoms with Crippen molar-refractivity contribution >= 4 is 0 Å². The first-order chi connectivity index (χ1) is 5.84. The van der Waals surface area contributed by atoms with E-state index < -0.39 is 0 Å². The summed E-state index contributed by atoms with van der Waals surface area (Å²) in [7, 11) is 0. The lowest BCUT2D eigenvalue weighted by Crippen LogP contribution is -2.64. The Kier molecular flexibility index (Phi) is 0.738. The van der Waals surface area contributed by atoms with Crippen LogP contribution in [0.15, 0.2) is 17.9 Å². The van der Waals surface area contributed by atoms with E-state index in [1.54, 1.807) is 5.57 Å². The van der Waals surface area contributed by atoms with Gasteiger partial charge in [-0.2, -0.15) is 0 Å². The third-order valence-corrected chi connectivity index (χ3v) is 5.21. The van der Waals surface area contributed by atoms with Crippen LogP contribution in [-0.4, -0.2) is 0 Å². The van der Waals surface area contributed by atoms with Crippen molar-refractivity contribution in [3.8, 4) is 0 Å². The van der Waals surface area contributed by atoms with Crippen molar-refractivity contribution < 1.29 is 0 Å². The molecule has 0 aromatic rings. The summed E-state index contributed by atoms with van der Waals surface area (Å²) < 4.78 is 0. The van der Waals surface area contributed by atoms with E-state index >= 15 is 0 Å². The lowest BCUT2D eigenvalue weighted by atomic mass is 9.36. The van der Waals surface area contributed by atoms with Gasteiger partial charge in [0.05, 0.1) is 0 Å². The predicted octanol–water partition coefficient (Wildman–Crippen LogP) is 2.48. The fourth-order valence-electron chi connectivity index (χ4n) is 4.72. The second kappa shape index (κ2) is 1.46. The van der Waals surface area contributed by atoms with Crippen LogP contribution >= 0.6 is 0 Å². The maximum Gasteiger partial charge on any atom is -0.00153 e. The highest BCUT2D eigenvalue weighted by Crippen LogP contribution is 2.83. The molecule has 4 saturated carbocycles. The zero-order valence-corrected chi connectivity index (χ0v) is 7.46. The van der Waals surface area contributed by atoms with Crippen LogP contribution in [0.4, 0.5) is 0 Å². The molecule has 0 radical (unpaired) electrons. The van der Waals surface area contributed by atoms with Crippen LogP contribution in [0.5, 0.6) is 0 Å². The summed E-state index contributed by atoms with van der Waals surface area (Å²) in [4.78, 5) is 0. The first kappa shape index (κ1) is 6.05. The van der Waals surface area contributed by atoms with Crippen molar-refractivity contribution in [2.45, 2.75) is 13.3 Å². The van der Waals surface area contributed by atoms with Crippen molar-refractivity contribution in [3.63, 3.8) is 0 Å². The summed E-state index contributed by atoms with van der Waals surface area (Å²) in [5, 5.41) is 0. The molecule has 4 aliphatic carbocycles. The third kappa shape index (κ3) is 0.365. The lowest BCUT2D eigenvalue weighted by Gasteiger charge is -2.68. The van der Waals surface area contributed by atoms with Crippen molar-refractivity contribution in [2.75, 3.05) is 0 Å². The molecule has 62 valence electrons. The minimum Gasteiger partial charge on any atom is -0.129 e. The topological polar surface area (TPSA) is 0 Å². The second-order valence-electron chi connectivity index (χ2n) is 5.29. The molecule has 0 heterocycles. The molecule has 4 rings (SSSR count). The van der Waals surface area contributed by atoms with Gasteiger partial charge in [0.25, 0.3) is 0 Å². The van der Waals surface area contributed by atoms with Crippen LogP contribution in [0, 0.1) is 41.4 Å².